The van der Waals surface area contributed by atoms with Crippen molar-refractivity contribution in [3.8, 4) is 5.75 Å². The fraction of sp³-hybridized carbons (Fsp3) is 0.238. The Morgan fingerprint density at radius 2 is 1.83 bits per heavy atom. The number of hydrogen-bond acceptors (Lipinski definition) is 7. The van der Waals surface area contributed by atoms with Crippen molar-refractivity contribution in [1.29, 1.82) is 0 Å². The van der Waals surface area contributed by atoms with Crippen molar-refractivity contribution < 1.29 is 28.6 Å². The molecule has 3 rings (SSSR count). The molecule has 2 aromatic carbocycles. The largest absolute Gasteiger partial charge is 0.493 e. The number of amides is 1. The molecular weight excluding hydrogens is 408 g/mol. The lowest BCUT2D eigenvalue weighted by atomic mass is 10.2. The molecule has 0 saturated carbocycles. The molecule has 1 heterocycles. The molecule has 0 aliphatic carbocycles. The van der Waals surface area contributed by atoms with E-state index in [4.69, 9.17) is 14.2 Å². The maximum Gasteiger partial charge on any atom is 0.337 e. The summed E-state index contributed by atoms with van der Waals surface area (Å²) in [5.41, 5.74) is 1.32. The van der Waals surface area contributed by atoms with Crippen molar-refractivity contribution in [2.45, 2.75) is 13.5 Å². The van der Waals surface area contributed by atoms with Gasteiger partial charge in [0, 0.05) is 0 Å². The van der Waals surface area contributed by atoms with E-state index in [9.17, 15) is 14.4 Å². The van der Waals surface area contributed by atoms with Crippen LogP contribution in [0.1, 0.15) is 27.6 Å². The molecule has 0 spiro atoms. The summed E-state index contributed by atoms with van der Waals surface area (Å²) < 4.78 is 17.3. The van der Waals surface area contributed by atoms with Crippen molar-refractivity contribution in [1.82, 2.24) is 4.57 Å². The van der Waals surface area contributed by atoms with E-state index in [1.54, 1.807) is 47.0 Å². The van der Waals surface area contributed by atoms with Gasteiger partial charge in [0.1, 0.15) is 12.3 Å². The van der Waals surface area contributed by atoms with Gasteiger partial charge in [-0.15, -0.1) is 0 Å². The number of benzene rings is 2. The van der Waals surface area contributed by atoms with Crippen molar-refractivity contribution in [2.75, 3.05) is 20.8 Å². The zero-order valence-corrected chi connectivity index (χ0v) is 17.5. The maximum atomic E-state index is 12.9. The van der Waals surface area contributed by atoms with Crippen molar-refractivity contribution in [2.24, 2.45) is 4.99 Å². The summed E-state index contributed by atoms with van der Waals surface area (Å²) in [7, 11) is 2.58. The fourth-order valence-electron chi connectivity index (χ4n) is 2.82. The minimum Gasteiger partial charge on any atom is -0.493 e. The van der Waals surface area contributed by atoms with Crippen LogP contribution in [0, 0.1) is 0 Å². The number of nitrogens with zero attached hydrogens (tertiary/aromatic N) is 2. The van der Waals surface area contributed by atoms with Crippen LogP contribution in [0.5, 0.6) is 5.75 Å². The monoisotopic (exact) mass is 428 g/mol. The van der Waals surface area contributed by atoms with Crippen LogP contribution in [0.3, 0.4) is 0 Å². The number of esters is 2. The molecule has 0 bridgehead atoms. The number of rotatable bonds is 6. The summed E-state index contributed by atoms with van der Waals surface area (Å²) in [6, 6.07) is 11.7. The van der Waals surface area contributed by atoms with Crippen LogP contribution in [0.25, 0.3) is 10.2 Å². The molecule has 0 fully saturated rings. The predicted molar refractivity (Wildman–Crippen MR) is 111 cm³/mol. The molecule has 0 N–H and O–H groups in total. The third-order valence-electron chi connectivity index (χ3n) is 4.23. The molecular formula is C21H20N2O6S. The van der Waals surface area contributed by atoms with E-state index in [0.29, 0.717) is 38.5 Å². The summed E-state index contributed by atoms with van der Waals surface area (Å²) >= 11 is 1.18. The minimum atomic E-state index is -0.502. The molecule has 3 aromatic rings. The van der Waals surface area contributed by atoms with Gasteiger partial charge in [0.25, 0.3) is 5.91 Å². The second-order valence-electron chi connectivity index (χ2n) is 6.07. The van der Waals surface area contributed by atoms with Gasteiger partial charge < -0.3 is 18.8 Å². The first-order chi connectivity index (χ1) is 14.5. The van der Waals surface area contributed by atoms with Crippen LogP contribution < -0.4 is 9.54 Å². The van der Waals surface area contributed by atoms with E-state index in [-0.39, 0.29) is 6.54 Å². The first-order valence-electron chi connectivity index (χ1n) is 9.07. The molecule has 8 nitrogen and oxygen atoms in total. The molecule has 30 heavy (non-hydrogen) atoms. The Morgan fingerprint density at radius 3 is 2.53 bits per heavy atom. The average Bonchev–Trinajstić information content (AvgIpc) is 3.09. The molecule has 0 saturated heterocycles. The minimum absolute atomic E-state index is 0.132. The molecule has 0 atom stereocenters. The van der Waals surface area contributed by atoms with Gasteiger partial charge in [0.15, 0.2) is 4.80 Å². The summed E-state index contributed by atoms with van der Waals surface area (Å²) in [4.78, 5) is 41.2. The van der Waals surface area contributed by atoms with Crippen molar-refractivity contribution in [3.63, 3.8) is 0 Å². The Bertz CT molecular complexity index is 1180. The zero-order chi connectivity index (χ0) is 21.7. The highest BCUT2D eigenvalue weighted by atomic mass is 32.1. The average molecular weight is 428 g/mol. The Labute approximate surface area is 176 Å². The number of para-hydroxylation sites is 1. The van der Waals surface area contributed by atoms with E-state index < -0.39 is 17.8 Å². The Hall–Kier alpha value is -3.46. The Balaban J connectivity index is 2.15. The predicted octanol–water partition coefficient (Wildman–Crippen LogP) is 2.80. The SMILES string of the molecule is CCOc1ccccc1C(=O)N=c1sc2cc(C(=O)OC)ccc2n1CC(=O)OC. The topological polar surface area (TPSA) is 96.2 Å². The summed E-state index contributed by atoms with van der Waals surface area (Å²) in [5, 5.41) is 0. The normalized spacial score (nSPS) is 11.4. The van der Waals surface area contributed by atoms with Gasteiger partial charge in [0.05, 0.1) is 42.2 Å². The lowest BCUT2D eigenvalue weighted by molar-refractivity contribution is -0.141. The number of aromatic nitrogens is 1. The van der Waals surface area contributed by atoms with Crippen LogP contribution in [-0.4, -0.2) is 43.2 Å². The number of hydrogen-bond donors (Lipinski definition) is 0. The van der Waals surface area contributed by atoms with E-state index >= 15 is 0 Å². The second-order valence-corrected chi connectivity index (χ2v) is 7.08. The number of ether oxygens (including phenoxy) is 3. The highest BCUT2D eigenvalue weighted by molar-refractivity contribution is 7.16. The van der Waals surface area contributed by atoms with E-state index in [1.165, 1.54) is 25.6 Å². The van der Waals surface area contributed by atoms with Gasteiger partial charge in [-0.3, -0.25) is 9.59 Å². The van der Waals surface area contributed by atoms with Gasteiger partial charge >= 0.3 is 11.9 Å². The summed E-state index contributed by atoms with van der Waals surface area (Å²) in [6.45, 7) is 2.10. The standard InChI is InChI=1S/C21H20N2O6S/c1-4-29-16-8-6-5-7-14(16)19(25)22-21-23(12-18(24)27-2)15-10-9-13(20(26)28-3)11-17(15)30-21/h5-11H,4,12H2,1-3H3. The maximum absolute atomic E-state index is 12.9. The Kier molecular flexibility index (Phi) is 6.63. The van der Waals surface area contributed by atoms with Gasteiger partial charge in [-0.25, -0.2) is 4.79 Å². The van der Waals surface area contributed by atoms with Crippen LogP contribution >= 0.6 is 11.3 Å². The van der Waals surface area contributed by atoms with Crippen molar-refractivity contribution >= 4 is 39.4 Å². The molecule has 0 unspecified atom stereocenters. The van der Waals surface area contributed by atoms with Crippen LogP contribution in [0.15, 0.2) is 47.5 Å². The number of carbonyl (C=O) groups excluding carboxylic acids is 3. The molecule has 1 aromatic heterocycles. The van der Waals surface area contributed by atoms with Crippen LogP contribution in [0.4, 0.5) is 0 Å². The molecule has 1 amide bonds. The highest BCUT2D eigenvalue weighted by Gasteiger charge is 2.16. The van der Waals surface area contributed by atoms with E-state index in [2.05, 4.69) is 4.99 Å². The van der Waals surface area contributed by atoms with Crippen molar-refractivity contribution in [3.05, 3.63) is 58.4 Å². The smallest absolute Gasteiger partial charge is 0.337 e. The molecule has 0 aliphatic rings. The summed E-state index contributed by atoms with van der Waals surface area (Å²) in [5.74, 6) is -1.04. The zero-order valence-electron chi connectivity index (χ0n) is 16.7. The van der Waals surface area contributed by atoms with Gasteiger partial charge in [0.2, 0.25) is 0 Å². The first-order valence-corrected chi connectivity index (χ1v) is 9.89. The lowest BCUT2D eigenvalue weighted by Gasteiger charge is -2.07. The van der Waals surface area contributed by atoms with Gasteiger partial charge in [-0.2, -0.15) is 4.99 Å². The molecule has 0 aliphatic heterocycles. The third-order valence-corrected chi connectivity index (χ3v) is 5.27. The number of methoxy groups -OCH3 is 2. The van der Waals surface area contributed by atoms with Gasteiger partial charge in [-0.05, 0) is 37.3 Å². The second kappa shape index (κ2) is 9.36. The lowest BCUT2D eigenvalue weighted by Crippen LogP contribution is -2.22. The molecule has 156 valence electrons. The Morgan fingerprint density at radius 1 is 1.07 bits per heavy atom. The number of thiazole rings is 1. The quantitative estimate of drug-likeness (QED) is 0.560. The third kappa shape index (κ3) is 4.41. The molecule has 0 radical (unpaired) electrons. The number of fused-ring (bicyclic) bond motifs is 1. The number of carbonyl (C=O) groups is 3. The van der Waals surface area contributed by atoms with E-state index in [0.717, 1.165) is 0 Å². The van der Waals surface area contributed by atoms with Crippen LogP contribution in [0.2, 0.25) is 0 Å². The fourth-order valence-corrected chi connectivity index (χ4v) is 3.89. The first kappa shape index (κ1) is 21.3. The highest BCUT2D eigenvalue weighted by Crippen LogP contribution is 2.22. The molecule has 9 heteroatoms. The van der Waals surface area contributed by atoms with Gasteiger partial charge in [-0.1, -0.05) is 23.5 Å². The summed E-state index contributed by atoms with van der Waals surface area (Å²) in [6.07, 6.45) is 0. The van der Waals surface area contributed by atoms with Crippen LogP contribution in [-0.2, 0) is 20.8 Å². The van der Waals surface area contributed by atoms with E-state index in [1.807, 2.05) is 6.92 Å².